The molecule has 0 aliphatic heterocycles. The largest absolute Gasteiger partial charge is 0.369 e. The number of amides is 1. The molecule has 0 saturated carbocycles. The Morgan fingerprint density at radius 3 is 2.62 bits per heavy atom. The maximum Gasteiger partial charge on any atom is 0.224 e. The van der Waals surface area contributed by atoms with Crippen LogP contribution >= 0.6 is 15.9 Å². The van der Waals surface area contributed by atoms with Gasteiger partial charge in [-0.3, -0.25) is 4.79 Å². The van der Waals surface area contributed by atoms with Crippen LogP contribution in [0.3, 0.4) is 0 Å². The Bertz CT molecular complexity index is 312. The van der Waals surface area contributed by atoms with Gasteiger partial charge in [0.1, 0.15) is 0 Å². The van der Waals surface area contributed by atoms with Gasteiger partial charge in [-0.1, -0.05) is 41.1 Å². The van der Waals surface area contributed by atoms with Crippen LogP contribution < -0.4 is 5.73 Å². The number of primary amides is 1. The fraction of sp³-hybridized carbons (Fsp3) is 0.300. The molecule has 70 valence electrons. The molecule has 0 aromatic heterocycles. The second kappa shape index (κ2) is 4.42. The molecule has 13 heavy (non-hydrogen) atoms. The van der Waals surface area contributed by atoms with Crippen LogP contribution in [0.15, 0.2) is 28.7 Å². The molecule has 2 nitrogen and oxygen atoms in total. The summed E-state index contributed by atoms with van der Waals surface area (Å²) in [5, 5.41) is 0. The Kier molecular flexibility index (Phi) is 3.48. The highest BCUT2D eigenvalue weighted by molar-refractivity contribution is 9.10. The van der Waals surface area contributed by atoms with Crippen molar-refractivity contribution in [3.63, 3.8) is 0 Å². The first-order valence-electron chi connectivity index (χ1n) is 4.20. The van der Waals surface area contributed by atoms with E-state index in [4.69, 9.17) is 5.73 Å². The summed E-state index contributed by atoms with van der Waals surface area (Å²) < 4.78 is 0.945. The Hall–Kier alpha value is -0.830. The lowest BCUT2D eigenvalue weighted by Crippen LogP contribution is -2.21. The smallest absolute Gasteiger partial charge is 0.224 e. The lowest BCUT2D eigenvalue weighted by molar-refractivity contribution is -0.119. The number of hydrogen-bond acceptors (Lipinski definition) is 1. The monoisotopic (exact) mass is 241 g/mol. The maximum atomic E-state index is 11.1. The quantitative estimate of drug-likeness (QED) is 0.868. The Labute approximate surface area is 86.3 Å². The minimum absolute atomic E-state index is 0.185. The van der Waals surface area contributed by atoms with Gasteiger partial charge in [-0.2, -0.15) is 0 Å². The fourth-order valence-corrected chi connectivity index (χ4v) is 1.89. The van der Waals surface area contributed by atoms with Crippen molar-refractivity contribution < 1.29 is 4.79 Å². The van der Waals surface area contributed by atoms with Crippen LogP contribution in [-0.4, -0.2) is 5.91 Å². The normalized spacial score (nSPS) is 12.5. The number of halogens is 1. The van der Waals surface area contributed by atoms with Crippen LogP contribution in [0.5, 0.6) is 0 Å². The van der Waals surface area contributed by atoms with E-state index < -0.39 is 0 Å². The van der Waals surface area contributed by atoms with Gasteiger partial charge in [0.2, 0.25) is 5.91 Å². The minimum Gasteiger partial charge on any atom is -0.369 e. The number of carbonyl (C=O) groups excluding carboxylic acids is 1. The molecule has 0 heterocycles. The Morgan fingerprint density at radius 2 is 2.15 bits per heavy atom. The summed E-state index contributed by atoms with van der Waals surface area (Å²) >= 11 is 3.40. The lowest BCUT2D eigenvalue weighted by atomic mass is 9.96. The summed E-state index contributed by atoms with van der Waals surface area (Å²) in [5.74, 6) is -0.454. The molecule has 2 N–H and O–H groups in total. The first kappa shape index (κ1) is 10.3. The second-order valence-electron chi connectivity index (χ2n) is 2.88. The number of rotatable bonds is 3. The van der Waals surface area contributed by atoms with Crippen LogP contribution in [-0.2, 0) is 4.79 Å². The van der Waals surface area contributed by atoms with E-state index in [-0.39, 0.29) is 11.8 Å². The summed E-state index contributed by atoms with van der Waals surface area (Å²) in [6, 6.07) is 7.66. The van der Waals surface area contributed by atoms with Crippen LogP contribution in [0.4, 0.5) is 0 Å². The van der Waals surface area contributed by atoms with Crippen molar-refractivity contribution in [2.45, 2.75) is 19.3 Å². The van der Waals surface area contributed by atoms with Crippen molar-refractivity contribution in [1.29, 1.82) is 0 Å². The highest BCUT2D eigenvalue weighted by Crippen LogP contribution is 2.26. The molecular weight excluding hydrogens is 230 g/mol. The Morgan fingerprint density at radius 1 is 1.54 bits per heavy atom. The van der Waals surface area contributed by atoms with E-state index in [1.165, 1.54) is 0 Å². The topological polar surface area (TPSA) is 43.1 Å². The van der Waals surface area contributed by atoms with Gasteiger partial charge >= 0.3 is 0 Å². The van der Waals surface area contributed by atoms with Crippen LogP contribution in [0, 0.1) is 0 Å². The summed E-state index contributed by atoms with van der Waals surface area (Å²) in [7, 11) is 0. The van der Waals surface area contributed by atoms with Crippen LogP contribution in [0.1, 0.15) is 24.8 Å². The average Bonchev–Trinajstić information content (AvgIpc) is 2.09. The number of carbonyl (C=O) groups is 1. The van der Waals surface area contributed by atoms with Crippen molar-refractivity contribution in [3.05, 3.63) is 34.3 Å². The van der Waals surface area contributed by atoms with Crippen molar-refractivity contribution >= 4 is 21.8 Å². The highest BCUT2D eigenvalue weighted by atomic mass is 79.9. The molecule has 0 aliphatic carbocycles. The summed E-state index contributed by atoms with van der Waals surface area (Å²) in [4.78, 5) is 11.1. The molecule has 0 saturated heterocycles. The molecule has 0 fully saturated rings. The molecule has 0 spiro atoms. The SMILES string of the molecule is CC[C@H](C(N)=O)c1ccccc1Br. The van der Waals surface area contributed by atoms with E-state index in [9.17, 15) is 4.79 Å². The van der Waals surface area contributed by atoms with Crippen molar-refractivity contribution in [2.24, 2.45) is 5.73 Å². The fourth-order valence-electron chi connectivity index (χ4n) is 1.33. The number of benzene rings is 1. The summed E-state index contributed by atoms with van der Waals surface area (Å²) in [6.45, 7) is 1.95. The molecule has 0 unspecified atom stereocenters. The van der Waals surface area contributed by atoms with Crippen molar-refractivity contribution in [1.82, 2.24) is 0 Å². The first-order valence-corrected chi connectivity index (χ1v) is 4.99. The van der Waals surface area contributed by atoms with Gasteiger partial charge < -0.3 is 5.73 Å². The van der Waals surface area contributed by atoms with Crippen LogP contribution in [0.2, 0.25) is 0 Å². The van der Waals surface area contributed by atoms with E-state index in [1.807, 2.05) is 31.2 Å². The third-order valence-corrected chi connectivity index (χ3v) is 2.75. The number of nitrogens with two attached hydrogens (primary N) is 1. The lowest BCUT2D eigenvalue weighted by Gasteiger charge is -2.12. The molecular formula is C10H12BrNO. The van der Waals surface area contributed by atoms with Gasteiger partial charge in [-0.25, -0.2) is 0 Å². The minimum atomic E-state index is -0.269. The first-order chi connectivity index (χ1) is 6.16. The van der Waals surface area contributed by atoms with Crippen molar-refractivity contribution in [3.8, 4) is 0 Å². The molecule has 1 amide bonds. The third-order valence-electron chi connectivity index (χ3n) is 2.03. The predicted molar refractivity (Wildman–Crippen MR) is 56.4 cm³/mol. The summed E-state index contributed by atoms with van der Waals surface area (Å²) in [6.07, 6.45) is 0.734. The molecule has 3 heteroatoms. The van der Waals surface area contributed by atoms with Gasteiger partial charge in [0, 0.05) is 4.47 Å². The molecule has 0 radical (unpaired) electrons. The standard InChI is InChI=1S/C10H12BrNO/c1-2-7(10(12)13)8-5-3-4-6-9(8)11/h3-7H,2H2,1H3,(H2,12,13)/t7-/m0/s1. The van der Waals surface area contributed by atoms with E-state index in [0.29, 0.717) is 0 Å². The van der Waals surface area contributed by atoms with Crippen LogP contribution in [0.25, 0.3) is 0 Å². The van der Waals surface area contributed by atoms with Gasteiger partial charge in [0.15, 0.2) is 0 Å². The predicted octanol–water partition coefficient (Wildman–Crippen LogP) is 2.43. The third kappa shape index (κ3) is 2.31. The zero-order valence-electron chi connectivity index (χ0n) is 7.46. The van der Waals surface area contributed by atoms with Gasteiger partial charge in [0.25, 0.3) is 0 Å². The van der Waals surface area contributed by atoms with E-state index in [1.54, 1.807) is 0 Å². The zero-order valence-corrected chi connectivity index (χ0v) is 9.04. The highest BCUT2D eigenvalue weighted by Gasteiger charge is 2.17. The molecule has 1 rings (SSSR count). The number of hydrogen-bond donors (Lipinski definition) is 1. The van der Waals surface area contributed by atoms with E-state index >= 15 is 0 Å². The van der Waals surface area contributed by atoms with E-state index in [0.717, 1.165) is 16.5 Å². The average molecular weight is 242 g/mol. The molecule has 1 atom stereocenters. The summed E-state index contributed by atoms with van der Waals surface area (Å²) in [5.41, 5.74) is 6.26. The van der Waals surface area contributed by atoms with Crippen molar-refractivity contribution in [2.75, 3.05) is 0 Å². The molecule has 1 aromatic rings. The van der Waals surface area contributed by atoms with E-state index in [2.05, 4.69) is 15.9 Å². The van der Waals surface area contributed by atoms with Gasteiger partial charge in [0.05, 0.1) is 5.92 Å². The molecule has 1 aromatic carbocycles. The Balaban J connectivity index is 3.04. The molecule has 0 bridgehead atoms. The second-order valence-corrected chi connectivity index (χ2v) is 3.74. The maximum absolute atomic E-state index is 11.1. The van der Waals surface area contributed by atoms with Gasteiger partial charge in [-0.05, 0) is 18.1 Å². The molecule has 0 aliphatic rings. The van der Waals surface area contributed by atoms with Gasteiger partial charge in [-0.15, -0.1) is 0 Å². The zero-order chi connectivity index (χ0) is 9.84.